The Morgan fingerprint density at radius 2 is 2.21 bits per heavy atom. The van der Waals surface area contributed by atoms with Crippen LogP contribution in [0.15, 0.2) is 36.7 Å². The van der Waals surface area contributed by atoms with Crippen LogP contribution in [0.25, 0.3) is 11.1 Å². The number of hydrogen-bond acceptors (Lipinski definition) is 1. The van der Waals surface area contributed by atoms with E-state index in [0.29, 0.717) is 0 Å². The molecule has 0 atom stereocenters. The van der Waals surface area contributed by atoms with Crippen molar-refractivity contribution in [1.29, 1.82) is 0 Å². The van der Waals surface area contributed by atoms with Crippen molar-refractivity contribution in [3.63, 3.8) is 0 Å². The second-order valence-corrected chi connectivity index (χ2v) is 3.10. The highest BCUT2D eigenvalue weighted by molar-refractivity contribution is 5.61. The topological polar surface area (TPSA) is 17.8 Å². The molecule has 0 radical (unpaired) electrons. The van der Waals surface area contributed by atoms with Crippen molar-refractivity contribution in [1.82, 2.24) is 9.78 Å². The minimum atomic E-state index is -0.216. The highest BCUT2D eigenvalue weighted by Crippen LogP contribution is 2.18. The molecule has 2 nitrogen and oxygen atoms in total. The predicted octanol–water partition coefficient (Wildman–Crippen LogP) is 2.71. The van der Waals surface area contributed by atoms with Gasteiger partial charge in [-0.2, -0.15) is 5.10 Å². The number of benzene rings is 1. The van der Waals surface area contributed by atoms with Crippen LogP contribution in [0, 0.1) is 5.82 Å². The molecule has 14 heavy (non-hydrogen) atoms. The fourth-order valence-corrected chi connectivity index (χ4v) is 1.35. The minimum Gasteiger partial charge on any atom is -0.272 e. The van der Waals surface area contributed by atoms with Gasteiger partial charge in [0, 0.05) is 18.3 Å². The molecule has 0 bridgehead atoms. The summed E-state index contributed by atoms with van der Waals surface area (Å²) in [7, 11) is 0. The van der Waals surface area contributed by atoms with Crippen molar-refractivity contribution in [2.45, 2.75) is 13.5 Å². The quantitative estimate of drug-likeness (QED) is 0.712. The molecule has 1 aromatic carbocycles. The van der Waals surface area contributed by atoms with E-state index in [9.17, 15) is 4.39 Å². The lowest BCUT2D eigenvalue weighted by atomic mass is 10.1. The average molecular weight is 190 g/mol. The molecule has 0 amide bonds. The fourth-order valence-electron chi connectivity index (χ4n) is 1.35. The predicted molar refractivity (Wildman–Crippen MR) is 53.3 cm³/mol. The maximum Gasteiger partial charge on any atom is 0.123 e. The van der Waals surface area contributed by atoms with Crippen molar-refractivity contribution in [3.8, 4) is 11.1 Å². The standard InChI is InChI=1S/C11H11FN2/c1-2-14-8-10(7-13-14)9-4-3-5-11(12)6-9/h3-8H,2H2,1H3. The first kappa shape index (κ1) is 8.94. The van der Waals surface area contributed by atoms with E-state index in [1.165, 1.54) is 12.1 Å². The summed E-state index contributed by atoms with van der Waals surface area (Å²) in [5.41, 5.74) is 1.82. The van der Waals surface area contributed by atoms with Crippen molar-refractivity contribution < 1.29 is 4.39 Å². The first-order valence-electron chi connectivity index (χ1n) is 4.58. The lowest BCUT2D eigenvalue weighted by Gasteiger charge is -1.96. The molecule has 0 N–H and O–H groups in total. The number of halogens is 1. The van der Waals surface area contributed by atoms with E-state index in [0.717, 1.165) is 17.7 Å². The van der Waals surface area contributed by atoms with Crippen LogP contribution in [0.2, 0.25) is 0 Å². The third-order valence-electron chi connectivity index (χ3n) is 2.12. The highest BCUT2D eigenvalue weighted by atomic mass is 19.1. The molecule has 3 heteroatoms. The number of nitrogens with zero attached hydrogens (tertiary/aromatic N) is 2. The van der Waals surface area contributed by atoms with Gasteiger partial charge in [0.25, 0.3) is 0 Å². The van der Waals surface area contributed by atoms with E-state index in [2.05, 4.69) is 5.10 Å². The summed E-state index contributed by atoms with van der Waals surface area (Å²) in [4.78, 5) is 0. The van der Waals surface area contributed by atoms with E-state index in [1.807, 2.05) is 23.9 Å². The maximum absolute atomic E-state index is 12.9. The molecule has 0 saturated heterocycles. The number of hydrogen-bond donors (Lipinski definition) is 0. The van der Waals surface area contributed by atoms with E-state index < -0.39 is 0 Å². The molecular formula is C11H11FN2. The lowest BCUT2D eigenvalue weighted by Crippen LogP contribution is -1.91. The first-order chi connectivity index (χ1) is 6.79. The Kier molecular flexibility index (Phi) is 2.31. The fraction of sp³-hybridized carbons (Fsp3) is 0.182. The molecule has 0 aliphatic carbocycles. The van der Waals surface area contributed by atoms with Gasteiger partial charge in [0.2, 0.25) is 0 Å². The van der Waals surface area contributed by atoms with Crippen LogP contribution in [0.1, 0.15) is 6.92 Å². The van der Waals surface area contributed by atoms with Crippen molar-refractivity contribution in [3.05, 3.63) is 42.5 Å². The Balaban J connectivity index is 2.39. The van der Waals surface area contributed by atoms with Crippen LogP contribution in [0.4, 0.5) is 4.39 Å². The smallest absolute Gasteiger partial charge is 0.123 e. The summed E-state index contributed by atoms with van der Waals surface area (Å²) in [6, 6.07) is 6.53. The Morgan fingerprint density at radius 3 is 2.86 bits per heavy atom. The van der Waals surface area contributed by atoms with Gasteiger partial charge in [-0.05, 0) is 24.6 Å². The number of aryl methyl sites for hydroxylation is 1. The third kappa shape index (κ3) is 1.66. The SMILES string of the molecule is CCn1cc(-c2cccc(F)c2)cn1. The van der Waals surface area contributed by atoms with Crippen molar-refractivity contribution >= 4 is 0 Å². The van der Waals surface area contributed by atoms with E-state index in [4.69, 9.17) is 0 Å². The van der Waals surface area contributed by atoms with Crippen molar-refractivity contribution in [2.75, 3.05) is 0 Å². The molecule has 0 aliphatic heterocycles. The summed E-state index contributed by atoms with van der Waals surface area (Å²) >= 11 is 0. The summed E-state index contributed by atoms with van der Waals surface area (Å²) in [5, 5.41) is 4.13. The number of rotatable bonds is 2. The highest BCUT2D eigenvalue weighted by Gasteiger charge is 2.01. The Morgan fingerprint density at radius 1 is 1.36 bits per heavy atom. The van der Waals surface area contributed by atoms with Gasteiger partial charge in [-0.1, -0.05) is 12.1 Å². The summed E-state index contributed by atoms with van der Waals surface area (Å²) in [5.74, 6) is -0.216. The van der Waals surface area contributed by atoms with Crippen molar-refractivity contribution in [2.24, 2.45) is 0 Å². The maximum atomic E-state index is 12.9. The minimum absolute atomic E-state index is 0.216. The lowest BCUT2D eigenvalue weighted by molar-refractivity contribution is 0.628. The Bertz CT molecular complexity index is 434. The van der Waals surface area contributed by atoms with E-state index in [1.54, 1.807) is 12.3 Å². The largest absolute Gasteiger partial charge is 0.272 e. The summed E-state index contributed by atoms with van der Waals surface area (Å²) < 4.78 is 14.7. The van der Waals surface area contributed by atoms with Gasteiger partial charge < -0.3 is 0 Å². The average Bonchev–Trinajstić information content (AvgIpc) is 2.66. The molecule has 1 aromatic heterocycles. The molecule has 1 heterocycles. The second-order valence-electron chi connectivity index (χ2n) is 3.10. The van der Waals surface area contributed by atoms with Crippen LogP contribution in [-0.2, 0) is 6.54 Å². The zero-order valence-electron chi connectivity index (χ0n) is 7.94. The van der Waals surface area contributed by atoms with Crippen LogP contribution < -0.4 is 0 Å². The molecule has 0 saturated carbocycles. The van der Waals surface area contributed by atoms with Crippen LogP contribution in [0.5, 0.6) is 0 Å². The van der Waals surface area contributed by atoms with Crippen LogP contribution in [-0.4, -0.2) is 9.78 Å². The summed E-state index contributed by atoms with van der Waals surface area (Å²) in [6.45, 7) is 2.84. The second kappa shape index (κ2) is 3.62. The molecule has 2 aromatic rings. The Labute approximate surface area is 82.0 Å². The van der Waals surface area contributed by atoms with Gasteiger partial charge in [-0.15, -0.1) is 0 Å². The first-order valence-corrected chi connectivity index (χ1v) is 4.58. The Hall–Kier alpha value is -1.64. The van der Waals surface area contributed by atoms with Gasteiger partial charge in [-0.25, -0.2) is 4.39 Å². The van der Waals surface area contributed by atoms with Gasteiger partial charge >= 0.3 is 0 Å². The molecular weight excluding hydrogens is 179 g/mol. The van der Waals surface area contributed by atoms with Crippen LogP contribution >= 0.6 is 0 Å². The van der Waals surface area contributed by atoms with Gasteiger partial charge in [0.15, 0.2) is 0 Å². The normalized spacial score (nSPS) is 10.4. The molecule has 0 spiro atoms. The van der Waals surface area contributed by atoms with E-state index >= 15 is 0 Å². The van der Waals surface area contributed by atoms with Crippen LogP contribution in [0.3, 0.4) is 0 Å². The summed E-state index contributed by atoms with van der Waals surface area (Å²) in [6.07, 6.45) is 3.66. The molecule has 0 unspecified atom stereocenters. The zero-order valence-corrected chi connectivity index (χ0v) is 7.94. The van der Waals surface area contributed by atoms with Gasteiger partial charge in [0.05, 0.1) is 6.20 Å². The monoisotopic (exact) mass is 190 g/mol. The molecule has 0 aliphatic rings. The molecule has 2 rings (SSSR count). The van der Waals surface area contributed by atoms with Gasteiger partial charge in [-0.3, -0.25) is 4.68 Å². The molecule has 72 valence electrons. The zero-order chi connectivity index (χ0) is 9.97. The molecule has 0 fully saturated rings. The number of aromatic nitrogens is 2. The van der Waals surface area contributed by atoms with Gasteiger partial charge in [0.1, 0.15) is 5.82 Å². The third-order valence-corrected chi connectivity index (χ3v) is 2.12. The van der Waals surface area contributed by atoms with E-state index in [-0.39, 0.29) is 5.82 Å².